The van der Waals surface area contributed by atoms with Crippen LogP contribution < -0.4 is 16.0 Å². The molecule has 2 aromatic carbocycles. The van der Waals surface area contributed by atoms with Crippen LogP contribution in [-0.4, -0.2) is 37.7 Å². The highest BCUT2D eigenvalue weighted by atomic mass is 19.1. The Labute approximate surface area is 210 Å². The minimum Gasteiger partial charge on any atom is -0.385 e. The van der Waals surface area contributed by atoms with Gasteiger partial charge in [-0.15, -0.1) is 0 Å². The van der Waals surface area contributed by atoms with Crippen molar-refractivity contribution in [2.75, 3.05) is 32.0 Å². The van der Waals surface area contributed by atoms with Crippen LogP contribution >= 0.6 is 0 Å². The van der Waals surface area contributed by atoms with Gasteiger partial charge in [0, 0.05) is 40.4 Å². The van der Waals surface area contributed by atoms with Gasteiger partial charge in [-0.05, 0) is 114 Å². The molecule has 3 aromatic rings. The first kappa shape index (κ1) is 27.0. The first-order valence-corrected chi connectivity index (χ1v) is 13.2. The maximum atomic E-state index is 13.7. The lowest BCUT2D eigenvalue weighted by molar-refractivity contribution is 0.527. The standard InChI is InChI=1S/C26H34FN3.C4H9N/c1-6-8-21(28-5)14-19(23-11-9-17(3)13-25(23)29-7-2)15-24-18(4)22-12-10-20(27)16-26(22)30-24;1-2-4-5-3-1/h9-13,15-16,21,28-30H,6-8,14H2,1-5H3;5H,1-4H2/b19-15+;. The first-order valence-electron chi connectivity index (χ1n) is 13.2. The number of rotatable bonds is 9. The summed E-state index contributed by atoms with van der Waals surface area (Å²) in [6, 6.07) is 12.0. The number of anilines is 1. The zero-order valence-electron chi connectivity index (χ0n) is 22.2. The highest BCUT2D eigenvalue weighted by Crippen LogP contribution is 2.33. The molecule has 4 rings (SSSR count). The topological polar surface area (TPSA) is 51.9 Å². The second-order valence-electron chi connectivity index (χ2n) is 9.54. The predicted octanol–water partition coefficient (Wildman–Crippen LogP) is 7.04. The number of aromatic amines is 1. The lowest BCUT2D eigenvalue weighted by atomic mass is 9.93. The van der Waals surface area contributed by atoms with Crippen LogP contribution in [-0.2, 0) is 0 Å². The Kier molecular flexibility index (Phi) is 10.4. The van der Waals surface area contributed by atoms with Gasteiger partial charge in [-0.1, -0.05) is 25.5 Å². The van der Waals surface area contributed by atoms with E-state index in [1.54, 1.807) is 6.07 Å². The largest absolute Gasteiger partial charge is 0.385 e. The van der Waals surface area contributed by atoms with Crippen molar-refractivity contribution in [2.45, 2.75) is 65.8 Å². The number of hydrogen-bond acceptors (Lipinski definition) is 3. The monoisotopic (exact) mass is 478 g/mol. The fraction of sp³-hybridized carbons (Fsp3) is 0.467. The van der Waals surface area contributed by atoms with Gasteiger partial charge in [0.2, 0.25) is 0 Å². The maximum Gasteiger partial charge on any atom is 0.125 e. The number of halogens is 1. The van der Waals surface area contributed by atoms with Crippen molar-refractivity contribution in [3.8, 4) is 0 Å². The molecule has 1 fully saturated rings. The molecule has 4 nitrogen and oxygen atoms in total. The molecule has 1 aliphatic heterocycles. The summed E-state index contributed by atoms with van der Waals surface area (Å²) in [5.74, 6) is -0.217. The average Bonchev–Trinajstić information content (AvgIpc) is 3.51. The zero-order valence-corrected chi connectivity index (χ0v) is 22.2. The third-order valence-electron chi connectivity index (χ3n) is 6.73. The molecule has 0 aliphatic carbocycles. The molecular weight excluding hydrogens is 435 g/mol. The van der Waals surface area contributed by atoms with Crippen molar-refractivity contribution < 1.29 is 4.39 Å². The van der Waals surface area contributed by atoms with Crippen molar-refractivity contribution in [1.29, 1.82) is 0 Å². The van der Waals surface area contributed by atoms with Gasteiger partial charge in [0.05, 0.1) is 0 Å². The van der Waals surface area contributed by atoms with Crippen LogP contribution in [0.5, 0.6) is 0 Å². The zero-order chi connectivity index (χ0) is 25.2. The molecule has 1 saturated heterocycles. The number of hydrogen-bond donors (Lipinski definition) is 4. The van der Waals surface area contributed by atoms with E-state index >= 15 is 0 Å². The van der Waals surface area contributed by atoms with Crippen LogP contribution in [0.1, 0.15) is 68.3 Å². The van der Waals surface area contributed by atoms with Crippen LogP contribution in [0, 0.1) is 19.7 Å². The number of aryl methyl sites for hydroxylation is 2. The van der Waals surface area contributed by atoms with E-state index in [9.17, 15) is 4.39 Å². The van der Waals surface area contributed by atoms with Crippen molar-refractivity contribution in [3.63, 3.8) is 0 Å². The molecule has 4 N–H and O–H groups in total. The second-order valence-corrected chi connectivity index (χ2v) is 9.54. The molecule has 1 unspecified atom stereocenters. The summed E-state index contributed by atoms with van der Waals surface area (Å²) in [7, 11) is 2.04. The smallest absolute Gasteiger partial charge is 0.125 e. The van der Waals surface area contributed by atoms with Crippen LogP contribution in [0.4, 0.5) is 10.1 Å². The Morgan fingerprint density at radius 2 is 1.86 bits per heavy atom. The van der Waals surface area contributed by atoms with E-state index < -0.39 is 0 Å². The first-order chi connectivity index (χ1) is 17.0. The number of aromatic nitrogens is 1. The second kappa shape index (κ2) is 13.5. The summed E-state index contributed by atoms with van der Waals surface area (Å²) in [5, 5.41) is 11.3. The summed E-state index contributed by atoms with van der Waals surface area (Å²) < 4.78 is 13.7. The molecule has 1 atom stereocenters. The number of benzene rings is 2. The molecule has 5 heteroatoms. The molecule has 1 aliphatic rings. The van der Waals surface area contributed by atoms with Gasteiger partial charge < -0.3 is 20.9 Å². The number of nitrogens with one attached hydrogen (secondary N) is 4. The van der Waals surface area contributed by atoms with E-state index in [-0.39, 0.29) is 5.82 Å². The predicted molar refractivity (Wildman–Crippen MR) is 151 cm³/mol. The Hall–Kier alpha value is -2.63. The normalized spacial score (nSPS) is 14.6. The van der Waals surface area contributed by atoms with Crippen molar-refractivity contribution in [1.82, 2.24) is 15.6 Å². The summed E-state index contributed by atoms with van der Waals surface area (Å²) in [6.07, 6.45) is 8.21. The highest BCUT2D eigenvalue weighted by molar-refractivity contribution is 5.93. The lowest BCUT2D eigenvalue weighted by Crippen LogP contribution is -2.25. The molecular formula is C30H43FN4. The summed E-state index contributed by atoms with van der Waals surface area (Å²) in [6.45, 7) is 11.9. The summed E-state index contributed by atoms with van der Waals surface area (Å²) in [5.41, 5.74) is 7.93. The van der Waals surface area contributed by atoms with E-state index in [0.29, 0.717) is 6.04 Å². The Balaban J connectivity index is 0.000000607. The van der Waals surface area contributed by atoms with Gasteiger partial charge in [-0.25, -0.2) is 4.39 Å². The molecule has 2 heterocycles. The fourth-order valence-corrected chi connectivity index (χ4v) is 4.76. The van der Waals surface area contributed by atoms with Crippen LogP contribution in [0.15, 0.2) is 36.4 Å². The quantitative estimate of drug-likeness (QED) is 0.267. The van der Waals surface area contributed by atoms with Crippen molar-refractivity contribution in [2.24, 2.45) is 0 Å². The number of H-pyrrole nitrogens is 1. The fourth-order valence-electron chi connectivity index (χ4n) is 4.76. The molecule has 35 heavy (non-hydrogen) atoms. The minimum absolute atomic E-state index is 0.217. The van der Waals surface area contributed by atoms with Crippen LogP contribution in [0.2, 0.25) is 0 Å². The van der Waals surface area contributed by atoms with Crippen molar-refractivity contribution in [3.05, 3.63) is 64.6 Å². The molecule has 190 valence electrons. The molecule has 0 saturated carbocycles. The van der Waals surface area contributed by atoms with Gasteiger partial charge in [0.1, 0.15) is 5.82 Å². The molecule has 1 aromatic heterocycles. The number of fused-ring (bicyclic) bond motifs is 1. The Bertz CT molecular complexity index is 1100. The molecule has 0 amide bonds. The van der Waals surface area contributed by atoms with E-state index in [1.807, 2.05) is 13.1 Å². The Morgan fingerprint density at radius 1 is 1.09 bits per heavy atom. The van der Waals surface area contributed by atoms with Gasteiger partial charge >= 0.3 is 0 Å². The van der Waals surface area contributed by atoms with Gasteiger partial charge in [-0.2, -0.15) is 0 Å². The minimum atomic E-state index is -0.217. The average molecular weight is 479 g/mol. The maximum absolute atomic E-state index is 13.7. The van der Waals surface area contributed by atoms with E-state index in [4.69, 9.17) is 0 Å². The summed E-state index contributed by atoms with van der Waals surface area (Å²) in [4.78, 5) is 3.43. The third-order valence-corrected chi connectivity index (χ3v) is 6.73. The van der Waals surface area contributed by atoms with E-state index in [0.717, 1.165) is 53.7 Å². The summed E-state index contributed by atoms with van der Waals surface area (Å²) >= 11 is 0. The van der Waals surface area contributed by atoms with Crippen LogP contribution in [0.3, 0.4) is 0 Å². The van der Waals surface area contributed by atoms with Gasteiger partial charge in [0.15, 0.2) is 0 Å². The molecule has 0 spiro atoms. The molecule has 0 radical (unpaired) electrons. The van der Waals surface area contributed by atoms with Crippen LogP contribution in [0.25, 0.3) is 22.6 Å². The van der Waals surface area contributed by atoms with E-state index in [2.05, 4.69) is 72.9 Å². The van der Waals surface area contributed by atoms with Crippen molar-refractivity contribution >= 4 is 28.2 Å². The SMILES string of the molecule is C1CCNC1.CCCC(C/C(=C\c1[nH]c2cc(F)ccc2c1C)c1ccc(C)cc1NCC)NC. The molecule has 0 bridgehead atoms. The Morgan fingerprint density at radius 3 is 2.49 bits per heavy atom. The lowest BCUT2D eigenvalue weighted by Gasteiger charge is -2.21. The third kappa shape index (κ3) is 7.42. The van der Waals surface area contributed by atoms with Gasteiger partial charge in [0.25, 0.3) is 0 Å². The highest BCUT2D eigenvalue weighted by Gasteiger charge is 2.15. The van der Waals surface area contributed by atoms with E-state index in [1.165, 1.54) is 48.7 Å². The van der Waals surface area contributed by atoms with Gasteiger partial charge in [-0.3, -0.25) is 0 Å².